The molecule has 1 saturated carbocycles. The zero-order chi connectivity index (χ0) is 28.2. The van der Waals surface area contributed by atoms with Crippen LogP contribution in [0, 0.1) is 0 Å². The number of esters is 1. The minimum Gasteiger partial charge on any atom is -0.497 e. The van der Waals surface area contributed by atoms with E-state index in [2.05, 4.69) is 30.7 Å². The number of carbonyl (C=O) groups is 2. The van der Waals surface area contributed by atoms with E-state index in [4.69, 9.17) is 14.2 Å². The lowest BCUT2D eigenvalue weighted by Crippen LogP contribution is -2.39. The van der Waals surface area contributed by atoms with Gasteiger partial charge in [-0.25, -0.2) is 4.79 Å². The van der Waals surface area contributed by atoms with Crippen LogP contribution in [0.25, 0.3) is 0 Å². The van der Waals surface area contributed by atoms with Gasteiger partial charge in [0.15, 0.2) is 11.5 Å². The maximum atomic E-state index is 13.8. The summed E-state index contributed by atoms with van der Waals surface area (Å²) in [6, 6.07) is 14.8. The Morgan fingerprint density at radius 2 is 1.68 bits per heavy atom. The summed E-state index contributed by atoms with van der Waals surface area (Å²) < 4.78 is 53.5. The second kappa shape index (κ2) is 9.65. The quantitative estimate of drug-likeness (QED) is 0.341. The van der Waals surface area contributed by atoms with Gasteiger partial charge >= 0.3 is 12.3 Å². The number of halogens is 3. The van der Waals surface area contributed by atoms with E-state index in [1.807, 2.05) is 6.07 Å². The lowest BCUT2D eigenvalue weighted by atomic mass is 9.90. The molecule has 1 aliphatic carbocycles. The predicted molar refractivity (Wildman–Crippen MR) is 141 cm³/mol. The Balaban J connectivity index is 1.29. The average molecular weight is 616 g/mol. The molecule has 3 aromatic carbocycles. The van der Waals surface area contributed by atoms with Gasteiger partial charge in [-0.05, 0) is 60.4 Å². The summed E-state index contributed by atoms with van der Waals surface area (Å²) >= 11 is 3.43. The molecule has 1 amide bonds. The highest BCUT2D eigenvalue weighted by Crippen LogP contribution is 2.55. The Kier molecular flexibility index (Phi) is 6.36. The lowest BCUT2D eigenvalue weighted by molar-refractivity contribution is -0.286. The van der Waals surface area contributed by atoms with Crippen LogP contribution in [-0.4, -0.2) is 32.4 Å². The highest BCUT2D eigenvalue weighted by atomic mass is 79.9. The second-order valence-electron chi connectivity index (χ2n) is 9.91. The fourth-order valence-electron chi connectivity index (χ4n) is 5.24. The molecule has 3 aliphatic rings. The molecule has 0 saturated heterocycles. The van der Waals surface area contributed by atoms with E-state index >= 15 is 0 Å². The average Bonchev–Trinajstić information content (AvgIpc) is 3.69. The van der Waals surface area contributed by atoms with Crippen LogP contribution in [0.1, 0.15) is 58.5 Å². The molecule has 3 aromatic rings. The molecule has 208 valence electrons. The van der Waals surface area contributed by atoms with Gasteiger partial charge in [0, 0.05) is 22.5 Å². The highest BCUT2D eigenvalue weighted by molar-refractivity contribution is 9.10. The lowest BCUT2D eigenvalue weighted by Gasteiger charge is -2.34. The molecule has 1 fully saturated rings. The molecule has 40 heavy (non-hydrogen) atoms. The largest absolute Gasteiger partial charge is 0.586 e. The molecular formula is C29H24BrF2NO7. The van der Waals surface area contributed by atoms with Crippen LogP contribution in [0.3, 0.4) is 0 Å². The molecule has 11 heteroatoms. The SMILES string of the molecule is COC(=O)c1ccc([C@H]2C[C@@H](NC(=O)C3(c4cc5c(cc4Br)OC(F)(F)O5)CC3)c3ccc(OC)cc3O2)cc1. The number of fused-ring (bicyclic) bond motifs is 2. The van der Waals surface area contributed by atoms with Crippen molar-refractivity contribution in [1.29, 1.82) is 0 Å². The summed E-state index contributed by atoms with van der Waals surface area (Å²) in [7, 11) is 2.88. The number of alkyl halides is 2. The summed E-state index contributed by atoms with van der Waals surface area (Å²) in [5, 5.41) is 3.19. The molecule has 0 unspecified atom stereocenters. The third-order valence-corrected chi connectivity index (χ3v) is 8.17. The molecule has 0 bridgehead atoms. The van der Waals surface area contributed by atoms with E-state index in [9.17, 15) is 18.4 Å². The van der Waals surface area contributed by atoms with Crippen molar-refractivity contribution in [2.24, 2.45) is 0 Å². The Labute approximate surface area is 236 Å². The van der Waals surface area contributed by atoms with Crippen molar-refractivity contribution in [2.75, 3.05) is 14.2 Å². The second-order valence-corrected chi connectivity index (χ2v) is 10.8. The minimum atomic E-state index is -3.75. The first-order valence-electron chi connectivity index (χ1n) is 12.6. The molecule has 2 aliphatic heterocycles. The summed E-state index contributed by atoms with van der Waals surface area (Å²) in [6.07, 6.45) is -2.66. The van der Waals surface area contributed by atoms with E-state index in [-0.39, 0.29) is 17.4 Å². The number of carbonyl (C=O) groups excluding carboxylic acids is 2. The number of ether oxygens (including phenoxy) is 5. The highest BCUT2D eigenvalue weighted by Gasteiger charge is 2.54. The van der Waals surface area contributed by atoms with Gasteiger partial charge in [0.1, 0.15) is 17.6 Å². The zero-order valence-electron chi connectivity index (χ0n) is 21.5. The number of amides is 1. The predicted octanol–water partition coefficient (Wildman–Crippen LogP) is 5.98. The normalized spacial score (nSPS) is 21.0. The van der Waals surface area contributed by atoms with E-state index < -0.39 is 29.8 Å². The van der Waals surface area contributed by atoms with Crippen molar-refractivity contribution in [1.82, 2.24) is 5.32 Å². The van der Waals surface area contributed by atoms with Gasteiger partial charge in [0.05, 0.1) is 31.2 Å². The number of nitrogens with one attached hydrogen (secondary N) is 1. The Morgan fingerprint density at radius 1 is 0.975 bits per heavy atom. The van der Waals surface area contributed by atoms with Crippen LogP contribution in [-0.2, 0) is 14.9 Å². The first-order chi connectivity index (χ1) is 19.1. The number of benzene rings is 3. The van der Waals surface area contributed by atoms with Crippen molar-refractivity contribution in [3.63, 3.8) is 0 Å². The summed E-state index contributed by atoms with van der Waals surface area (Å²) in [4.78, 5) is 25.7. The number of hydrogen-bond donors (Lipinski definition) is 1. The molecule has 0 radical (unpaired) electrons. The standard InChI is InChI=1S/C29H24BrF2NO7/c1-36-17-7-8-18-21(14-22(38-23(18)11-17)15-3-5-16(6-4-15)26(34)37-2)33-27(35)28(9-10-28)19-12-24-25(13-20(19)30)40-29(31,32)39-24/h3-8,11-13,21-22H,9-10,14H2,1-2H3,(H,33,35)/t21-,22-/m1/s1. The number of rotatable bonds is 6. The fraction of sp³-hybridized carbons (Fsp3) is 0.310. The van der Waals surface area contributed by atoms with E-state index in [0.717, 1.165) is 11.1 Å². The first kappa shape index (κ1) is 26.4. The third kappa shape index (κ3) is 4.61. The Morgan fingerprint density at radius 3 is 2.33 bits per heavy atom. The summed E-state index contributed by atoms with van der Waals surface area (Å²) in [5.41, 5.74) is 1.67. The van der Waals surface area contributed by atoms with Crippen molar-refractivity contribution in [3.8, 4) is 23.0 Å². The van der Waals surface area contributed by atoms with Crippen LogP contribution >= 0.6 is 15.9 Å². The van der Waals surface area contributed by atoms with Crippen molar-refractivity contribution in [3.05, 3.63) is 81.3 Å². The van der Waals surface area contributed by atoms with Gasteiger partial charge in [-0.1, -0.05) is 28.1 Å². The molecule has 2 atom stereocenters. The fourth-order valence-corrected chi connectivity index (χ4v) is 5.95. The van der Waals surface area contributed by atoms with Crippen LogP contribution in [0.15, 0.2) is 59.1 Å². The molecule has 0 aromatic heterocycles. The van der Waals surface area contributed by atoms with Crippen LogP contribution in [0.4, 0.5) is 8.78 Å². The summed E-state index contributed by atoms with van der Waals surface area (Å²) in [5.74, 6) is 0.294. The number of hydrogen-bond acceptors (Lipinski definition) is 7. The first-order valence-corrected chi connectivity index (χ1v) is 13.4. The maximum absolute atomic E-state index is 13.8. The van der Waals surface area contributed by atoms with Gasteiger partial charge in [-0.15, -0.1) is 8.78 Å². The van der Waals surface area contributed by atoms with E-state index in [0.29, 0.717) is 46.4 Å². The maximum Gasteiger partial charge on any atom is 0.586 e. The molecular weight excluding hydrogens is 592 g/mol. The van der Waals surface area contributed by atoms with Gasteiger partial charge in [-0.2, -0.15) is 0 Å². The Hall–Kier alpha value is -3.86. The van der Waals surface area contributed by atoms with Gasteiger partial charge in [0.2, 0.25) is 5.91 Å². The number of methoxy groups -OCH3 is 2. The third-order valence-electron chi connectivity index (χ3n) is 7.52. The Bertz CT molecular complexity index is 1510. The van der Waals surface area contributed by atoms with Crippen molar-refractivity contribution < 1.29 is 42.1 Å². The monoisotopic (exact) mass is 615 g/mol. The zero-order valence-corrected chi connectivity index (χ0v) is 23.0. The molecule has 6 rings (SSSR count). The van der Waals surface area contributed by atoms with Crippen LogP contribution < -0.4 is 24.3 Å². The molecule has 1 N–H and O–H groups in total. The van der Waals surface area contributed by atoms with Crippen molar-refractivity contribution in [2.45, 2.75) is 43.1 Å². The van der Waals surface area contributed by atoms with Gasteiger partial charge in [-0.3, -0.25) is 4.79 Å². The van der Waals surface area contributed by atoms with Crippen molar-refractivity contribution >= 4 is 27.8 Å². The van der Waals surface area contributed by atoms with Gasteiger partial charge in [0.25, 0.3) is 0 Å². The van der Waals surface area contributed by atoms with Crippen LogP contribution in [0.5, 0.6) is 23.0 Å². The molecule has 0 spiro atoms. The van der Waals surface area contributed by atoms with E-state index in [1.165, 1.54) is 19.2 Å². The summed E-state index contributed by atoms with van der Waals surface area (Å²) in [6.45, 7) is 0. The molecule has 8 nitrogen and oxygen atoms in total. The minimum absolute atomic E-state index is 0.0924. The smallest absolute Gasteiger partial charge is 0.497 e. The van der Waals surface area contributed by atoms with Gasteiger partial charge < -0.3 is 29.0 Å². The van der Waals surface area contributed by atoms with Crippen LogP contribution in [0.2, 0.25) is 0 Å². The topological polar surface area (TPSA) is 92.3 Å². The molecule has 2 heterocycles. The van der Waals surface area contributed by atoms with E-state index in [1.54, 1.807) is 43.5 Å².